The first-order chi connectivity index (χ1) is 8.86. The third kappa shape index (κ3) is 4.50. The van der Waals surface area contributed by atoms with Crippen LogP contribution in [0.5, 0.6) is 0 Å². The third-order valence-electron chi connectivity index (χ3n) is 2.18. The zero-order chi connectivity index (χ0) is 14.5. The van der Waals surface area contributed by atoms with Gasteiger partial charge in [0.25, 0.3) is 0 Å². The van der Waals surface area contributed by atoms with Gasteiger partial charge in [-0.05, 0) is 36.8 Å². The Morgan fingerprint density at radius 1 is 1.32 bits per heavy atom. The van der Waals surface area contributed by atoms with Gasteiger partial charge in [0.1, 0.15) is 6.61 Å². The first-order valence-electron chi connectivity index (χ1n) is 5.78. The number of benzene rings is 1. The normalized spacial score (nSPS) is 11.1. The number of rotatable bonds is 6. The summed E-state index contributed by atoms with van der Waals surface area (Å²) in [5.41, 5.74) is 1.04. The molecule has 19 heavy (non-hydrogen) atoms. The van der Waals surface area contributed by atoms with E-state index in [9.17, 15) is 13.2 Å². The highest BCUT2D eigenvalue weighted by Gasteiger charge is 2.14. The summed E-state index contributed by atoms with van der Waals surface area (Å²) in [6.45, 7) is 7.53. The Morgan fingerprint density at radius 2 is 1.89 bits per heavy atom. The summed E-state index contributed by atoms with van der Waals surface area (Å²) in [5.74, 6) is -0.504. The minimum Gasteiger partial charge on any atom is -0.458 e. The Bertz CT molecular complexity index is 561. The molecule has 1 rings (SSSR count). The lowest BCUT2D eigenvalue weighted by Crippen LogP contribution is -2.23. The minimum atomic E-state index is -3.49. The van der Waals surface area contributed by atoms with Crippen molar-refractivity contribution in [3.63, 3.8) is 0 Å². The van der Waals surface area contributed by atoms with Crippen molar-refractivity contribution in [1.82, 2.24) is 4.72 Å². The molecule has 0 saturated carbocycles. The molecule has 0 aliphatic carbocycles. The monoisotopic (exact) mass is 283 g/mol. The second-order valence-electron chi connectivity index (χ2n) is 4.06. The van der Waals surface area contributed by atoms with Gasteiger partial charge in [0.2, 0.25) is 10.0 Å². The van der Waals surface area contributed by atoms with Crippen molar-refractivity contribution in [3.8, 4) is 0 Å². The molecule has 0 aliphatic heterocycles. The fourth-order valence-corrected chi connectivity index (χ4v) is 2.36. The molecule has 0 unspecified atom stereocenters. The van der Waals surface area contributed by atoms with Crippen LogP contribution >= 0.6 is 0 Å². The number of sulfonamides is 1. The second-order valence-corrected chi connectivity index (χ2v) is 5.83. The largest absolute Gasteiger partial charge is 0.458 e. The first kappa shape index (κ1) is 15.4. The fourth-order valence-electron chi connectivity index (χ4n) is 1.32. The molecule has 0 amide bonds. The van der Waals surface area contributed by atoms with Gasteiger partial charge in [-0.1, -0.05) is 13.5 Å². The van der Waals surface area contributed by atoms with E-state index in [4.69, 9.17) is 4.74 Å². The summed E-state index contributed by atoms with van der Waals surface area (Å²) >= 11 is 0. The molecule has 0 aliphatic rings. The summed E-state index contributed by atoms with van der Waals surface area (Å²) in [7, 11) is -3.49. The molecule has 0 saturated heterocycles. The molecule has 1 aromatic carbocycles. The van der Waals surface area contributed by atoms with Crippen molar-refractivity contribution < 1.29 is 17.9 Å². The van der Waals surface area contributed by atoms with E-state index < -0.39 is 16.0 Å². The van der Waals surface area contributed by atoms with Crippen LogP contribution in [0.15, 0.2) is 41.3 Å². The fraction of sp³-hybridized carbons (Fsp3) is 0.308. The number of esters is 1. The lowest BCUT2D eigenvalue weighted by Gasteiger charge is -2.06. The molecule has 104 valence electrons. The summed E-state index contributed by atoms with van der Waals surface area (Å²) in [6, 6.07) is 5.58. The van der Waals surface area contributed by atoms with Crippen molar-refractivity contribution >= 4 is 16.0 Å². The maximum absolute atomic E-state index is 11.7. The van der Waals surface area contributed by atoms with Crippen LogP contribution in [0.1, 0.15) is 24.2 Å². The zero-order valence-corrected chi connectivity index (χ0v) is 11.8. The van der Waals surface area contributed by atoms with E-state index in [0.29, 0.717) is 12.1 Å². The van der Waals surface area contributed by atoms with Crippen LogP contribution in [-0.4, -0.2) is 27.5 Å². The van der Waals surface area contributed by atoms with E-state index in [2.05, 4.69) is 11.3 Å². The topological polar surface area (TPSA) is 72.5 Å². The van der Waals surface area contributed by atoms with Gasteiger partial charge in [-0.2, -0.15) is 0 Å². The van der Waals surface area contributed by atoms with Crippen molar-refractivity contribution in [3.05, 3.63) is 42.0 Å². The molecule has 0 radical (unpaired) electrons. The molecule has 1 aromatic rings. The van der Waals surface area contributed by atoms with E-state index in [-0.39, 0.29) is 11.5 Å². The van der Waals surface area contributed by atoms with Crippen LogP contribution in [0.4, 0.5) is 0 Å². The SMILES string of the molecule is C=C(C)COC(=O)c1ccc(S(=O)(=O)NCC)cc1. The van der Waals surface area contributed by atoms with Crippen molar-refractivity contribution in [2.75, 3.05) is 13.2 Å². The van der Waals surface area contributed by atoms with Crippen LogP contribution < -0.4 is 4.72 Å². The van der Waals surface area contributed by atoms with Gasteiger partial charge in [-0.3, -0.25) is 0 Å². The minimum absolute atomic E-state index is 0.116. The van der Waals surface area contributed by atoms with Gasteiger partial charge in [0, 0.05) is 6.54 Å². The highest BCUT2D eigenvalue weighted by molar-refractivity contribution is 7.89. The molecule has 0 bridgehead atoms. The maximum atomic E-state index is 11.7. The predicted octanol–water partition coefficient (Wildman–Crippen LogP) is 1.72. The Morgan fingerprint density at radius 3 is 2.37 bits per heavy atom. The Hall–Kier alpha value is -1.66. The van der Waals surface area contributed by atoms with Crippen LogP contribution in [0, 0.1) is 0 Å². The van der Waals surface area contributed by atoms with E-state index in [1.54, 1.807) is 13.8 Å². The Balaban J connectivity index is 2.82. The molecule has 0 aromatic heterocycles. The molecule has 0 heterocycles. The Labute approximate surface area is 113 Å². The summed E-state index contributed by atoms with van der Waals surface area (Å²) in [5, 5.41) is 0. The number of ether oxygens (including phenoxy) is 1. The molecule has 0 spiro atoms. The van der Waals surface area contributed by atoms with E-state index in [0.717, 1.165) is 5.57 Å². The average molecular weight is 283 g/mol. The van der Waals surface area contributed by atoms with Gasteiger partial charge >= 0.3 is 5.97 Å². The molecular formula is C13H17NO4S. The van der Waals surface area contributed by atoms with E-state index in [1.807, 2.05) is 0 Å². The number of hydrogen-bond donors (Lipinski definition) is 1. The number of nitrogens with one attached hydrogen (secondary N) is 1. The highest BCUT2D eigenvalue weighted by atomic mass is 32.2. The van der Waals surface area contributed by atoms with Crippen LogP contribution in [0.2, 0.25) is 0 Å². The molecule has 0 atom stereocenters. The summed E-state index contributed by atoms with van der Waals surface area (Å²) < 4.78 is 30.7. The second kappa shape index (κ2) is 6.49. The summed E-state index contributed by atoms with van der Waals surface area (Å²) in [6.07, 6.45) is 0. The third-order valence-corrected chi connectivity index (χ3v) is 3.75. The van der Waals surface area contributed by atoms with Crippen molar-refractivity contribution in [2.45, 2.75) is 18.7 Å². The maximum Gasteiger partial charge on any atom is 0.338 e. The standard InChI is InChI=1S/C13H17NO4S/c1-4-14-19(16,17)12-7-5-11(6-8-12)13(15)18-9-10(2)3/h5-8,14H,2,4,9H2,1,3H3. The molecule has 5 nitrogen and oxygen atoms in total. The molecule has 6 heteroatoms. The van der Waals surface area contributed by atoms with Crippen molar-refractivity contribution in [2.24, 2.45) is 0 Å². The van der Waals surface area contributed by atoms with Gasteiger partial charge in [0.05, 0.1) is 10.5 Å². The number of carbonyl (C=O) groups is 1. The van der Waals surface area contributed by atoms with E-state index >= 15 is 0 Å². The highest BCUT2D eigenvalue weighted by Crippen LogP contribution is 2.11. The summed E-state index contributed by atoms with van der Waals surface area (Å²) in [4.78, 5) is 11.7. The smallest absolute Gasteiger partial charge is 0.338 e. The zero-order valence-electron chi connectivity index (χ0n) is 11.0. The van der Waals surface area contributed by atoms with Crippen molar-refractivity contribution in [1.29, 1.82) is 0 Å². The van der Waals surface area contributed by atoms with Gasteiger partial charge < -0.3 is 4.74 Å². The molecular weight excluding hydrogens is 266 g/mol. The van der Waals surface area contributed by atoms with E-state index in [1.165, 1.54) is 24.3 Å². The molecule has 0 fully saturated rings. The van der Waals surface area contributed by atoms with Crippen LogP contribution in [0.25, 0.3) is 0 Å². The number of carbonyl (C=O) groups excluding carboxylic acids is 1. The first-order valence-corrected chi connectivity index (χ1v) is 7.26. The average Bonchev–Trinajstić information content (AvgIpc) is 2.36. The van der Waals surface area contributed by atoms with Gasteiger partial charge in [0.15, 0.2) is 0 Å². The lowest BCUT2D eigenvalue weighted by atomic mass is 10.2. The lowest BCUT2D eigenvalue weighted by molar-refractivity contribution is 0.0540. The Kier molecular flexibility index (Phi) is 5.26. The molecule has 1 N–H and O–H groups in total. The van der Waals surface area contributed by atoms with Gasteiger partial charge in [-0.15, -0.1) is 0 Å². The number of hydrogen-bond acceptors (Lipinski definition) is 4. The van der Waals surface area contributed by atoms with Gasteiger partial charge in [-0.25, -0.2) is 17.9 Å². The predicted molar refractivity (Wildman–Crippen MR) is 72.4 cm³/mol. The van der Waals surface area contributed by atoms with Crippen LogP contribution in [-0.2, 0) is 14.8 Å². The quantitative estimate of drug-likeness (QED) is 0.637. The van der Waals surface area contributed by atoms with Crippen LogP contribution in [0.3, 0.4) is 0 Å².